The first-order valence-corrected chi connectivity index (χ1v) is 8.39. The maximum atomic E-state index is 13.5. The molecular formula is C17H16Cl2F3IN4O. The Labute approximate surface area is 186 Å². The second kappa shape index (κ2) is 10.7. The Kier molecular flexibility index (Phi) is 9.31. The number of rotatable bonds is 5. The molecule has 0 bridgehead atoms. The van der Waals surface area contributed by atoms with E-state index in [0.717, 1.165) is 6.07 Å². The fraction of sp³-hybridized carbons (Fsp3) is 0.176. The third-order valence-corrected chi connectivity index (χ3v) is 4.06. The van der Waals surface area contributed by atoms with E-state index in [1.54, 1.807) is 25.1 Å². The number of halogens is 6. The van der Waals surface area contributed by atoms with E-state index in [2.05, 4.69) is 15.6 Å². The third kappa shape index (κ3) is 6.42. The van der Waals surface area contributed by atoms with E-state index < -0.39 is 35.6 Å². The lowest BCUT2D eigenvalue weighted by Gasteiger charge is -2.16. The molecule has 5 nitrogen and oxygen atoms in total. The summed E-state index contributed by atoms with van der Waals surface area (Å²) in [5.41, 5.74) is 5.93. The number of carbonyl (C=O) groups is 1. The van der Waals surface area contributed by atoms with Crippen molar-refractivity contribution < 1.29 is 18.0 Å². The van der Waals surface area contributed by atoms with Gasteiger partial charge in [-0.25, -0.2) is 18.2 Å². The highest BCUT2D eigenvalue weighted by molar-refractivity contribution is 14.0. The van der Waals surface area contributed by atoms with E-state index in [1.807, 2.05) is 0 Å². The minimum Gasteiger partial charge on any atom is -0.370 e. The van der Waals surface area contributed by atoms with Crippen LogP contribution in [0.15, 0.2) is 35.3 Å². The number of nitrogens with zero attached hydrogens (tertiary/aromatic N) is 1. The Morgan fingerprint density at radius 3 is 2.50 bits per heavy atom. The first kappa shape index (κ1) is 24.3. The molecule has 1 unspecified atom stereocenters. The number of benzene rings is 2. The summed E-state index contributed by atoms with van der Waals surface area (Å²) in [4.78, 5) is 15.6. The Morgan fingerprint density at radius 2 is 1.86 bits per heavy atom. The molecule has 1 amide bonds. The molecule has 0 aliphatic heterocycles. The van der Waals surface area contributed by atoms with Crippen molar-refractivity contribution in [1.29, 1.82) is 0 Å². The zero-order valence-corrected chi connectivity index (χ0v) is 18.2. The summed E-state index contributed by atoms with van der Waals surface area (Å²) in [5, 5.41) is 5.84. The molecule has 4 N–H and O–H groups in total. The molecule has 2 aromatic rings. The first-order chi connectivity index (χ1) is 12.7. The number of aliphatic imine (C=N–C) groups is 1. The van der Waals surface area contributed by atoms with Crippen LogP contribution in [0.1, 0.15) is 18.5 Å². The van der Waals surface area contributed by atoms with Gasteiger partial charge in [-0.3, -0.25) is 4.79 Å². The summed E-state index contributed by atoms with van der Waals surface area (Å²) in [5.74, 6) is -5.35. The number of amides is 1. The van der Waals surface area contributed by atoms with E-state index in [1.165, 1.54) is 0 Å². The van der Waals surface area contributed by atoms with Crippen LogP contribution in [-0.2, 0) is 4.79 Å². The summed E-state index contributed by atoms with van der Waals surface area (Å²) >= 11 is 11.9. The Balaban J connectivity index is 0.00000392. The third-order valence-electron chi connectivity index (χ3n) is 3.50. The van der Waals surface area contributed by atoms with Crippen LogP contribution in [-0.4, -0.2) is 18.4 Å². The van der Waals surface area contributed by atoms with Crippen LogP contribution in [0.25, 0.3) is 0 Å². The van der Waals surface area contributed by atoms with Gasteiger partial charge in [-0.05, 0) is 36.8 Å². The molecule has 0 heterocycles. The predicted molar refractivity (Wildman–Crippen MR) is 115 cm³/mol. The van der Waals surface area contributed by atoms with Crippen molar-refractivity contribution in [3.63, 3.8) is 0 Å². The molecule has 0 spiro atoms. The summed E-state index contributed by atoms with van der Waals surface area (Å²) in [7, 11) is 0. The Hall–Kier alpha value is -1.72. The first-order valence-electron chi connectivity index (χ1n) is 7.63. The standard InChI is InChI=1S/C17H15Cl2F3N4O.HI/c1-8(10-3-2-9(18)6-11(10)19)25-17(23)24-7-14(27)26-13-5-4-12(20)15(21)16(13)22;/h2-6,8H,7H2,1H3,(H,26,27)(H3,23,24,25);1H. The van der Waals surface area contributed by atoms with Crippen LogP contribution in [0, 0.1) is 17.5 Å². The maximum absolute atomic E-state index is 13.5. The number of guanidine groups is 1. The van der Waals surface area contributed by atoms with Crippen LogP contribution in [0.4, 0.5) is 18.9 Å². The average Bonchev–Trinajstić information content (AvgIpc) is 2.60. The van der Waals surface area contributed by atoms with Crippen molar-refractivity contribution in [3.05, 3.63) is 63.4 Å². The van der Waals surface area contributed by atoms with Gasteiger partial charge in [0.2, 0.25) is 5.91 Å². The average molecular weight is 547 g/mol. The molecule has 0 saturated heterocycles. The number of anilines is 1. The SMILES string of the molecule is CC(NC(N)=NCC(=O)Nc1ccc(F)c(F)c1F)c1ccc(Cl)cc1Cl.I. The second-order valence-electron chi connectivity index (χ2n) is 5.50. The number of hydrogen-bond acceptors (Lipinski definition) is 2. The molecule has 0 radical (unpaired) electrons. The van der Waals surface area contributed by atoms with Gasteiger partial charge in [0, 0.05) is 10.0 Å². The van der Waals surface area contributed by atoms with Gasteiger partial charge in [0.25, 0.3) is 0 Å². The maximum Gasteiger partial charge on any atom is 0.246 e. The lowest BCUT2D eigenvalue weighted by molar-refractivity contribution is -0.114. The number of nitrogens with one attached hydrogen (secondary N) is 2. The van der Waals surface area contributed by atoms with Gasteiger partial charge in [0.15, 0.2) is 23.4 Å². The normalized spacial score (nSPS) is 12.1. The molecule has 2 aromatic carbocycles. The molecule has 0 aliphatic rings. The van der Waals surface area contributed by atoms with E-state index in [-0.39, 0.29) is 36.0 Å². The van der Waals surface area contributed by atoms with Gasteiger partial charge in [-0.15, -0.1) is 24.0 Å². The van der Waals surface area contributed by atoms with E-state index in [9.17, 15) is 18.0 Å². The number of carbonyl (C=O) groups excluding carboxylic acids is 1. The van der Waals surface area contributed by atoms with Crippen molar-refractivity contribution in [1.82, 2.24) is 5.32 Å². The molecule has 0 saturated carbocycles. The minimum absolute atomic E-state index is 0. The van der Waals surface area contributed by atoms with Gasteiger partial charge < -0.3 is 16.4 Å². The van der Waals surface area contributed by atoms with Crippen molar-refractivity contribution in [2.24, 2.45) is 10.7 Å². The molecule has 0 aliphatic carbocycles. The van der Waals surface area contributed by atoms with Gasteiger partial charge in [0.1, 0.15) is 6.54 Å². The van der Waals surface area contributed by atoms with Crippen LogP contribution in [0.3, 0.4) is 0 Å². The second-order valence-corrected chi connectivity index (χ2v) is 6.35. The number of nitrogens with two attached hydrogens (primary N) is 1. The summed E-state index contributed by atoms with van der Waals surface area (Å²) in [6.07, 6.45) is 0. The van der Waals surface area contributed by atoms with Crippen LogP contribution >= 0.6 is 47.2 Å². The summed E-state index contributed by atoms with van der Waals surface area (Å²) < 4.78 is 39.5. The van der Waals surface area contributed by atoms with Crippen molar-refractivity contribution in [2.45, 2.75) is 13.0 Å². The van der Waals surface area contributed by atoms with Gasteiger partial charge in [0.05, 0.1) is 11.7 Å². The molecular weight excluding hydrogens is 531 g/mol. The summed E-state index contributed by atoms with van der Waals surface area (Å²) in [6.45, 7) is 1.31. The van der Waals surface area contributed by atoms with E-state index in [0.29, 0.717) is 21.7 Å². The monoisotopic (exact) mass is 546 g/mol. The smallest absolute Gasteiger partial charge is 0.246 e. The zero-order valence-electron chi connectivity index (χ0n) is 14.4. The highest BCUT2D eigenvalue weighted by Gasteiger charge is 2.15. The topological polar surface area (TPSA) is 79.5 Å². The molecule has 0 aromatic heterocycles. The highest BCUT2D eigenvalue weighted by atomic mass is 127. The minimum atomic E-state index is -1.67. The predicted octanol–water partition coefficient (Wildman–Crippen LogP) is 4.63. The van der Waals surface area contributed by atoms with Crippen LogP contribution in [0.2, 0.25) is 10.0 Å². The highest BCUT2D eigenvalue weighted by Crippen LogP contribution is 2.26. The van der Waals surface area contributed by atoms with Crippen LogP contribution < -0.4 is 16.4 Å². The lowest BCUT2D eigenvalue weighted by atomic mass is 10.1. The van der Waals surface area contributed by atoms with Gasteiger partial charge >= 0.3 is 0 Å². The zero-order chi connectivity index (χ0) is 20.1. The molecule has 11 heteroatoms. The Morgan fingerprint density at radius 1 is 1.18 bits per heavy atom. The largest absolute Gasteiger partial charge is 0.370 e. The van der Waals surface area contributed by atoms with Crippen molar-refractivity contribution in [2.75, 3.05) is 11.9 Å². The molecule has 0 fully saturated rings. The molecule has 1 atom stereocenters. The fourth-order valence-corrected chi connectivity index (χ4v) is 2.74. The van der Waals surface area contributed by atoms with E-state index in [4.69, 9.17) is 28.9 Å². The molecule has 28 heavy (non-hydrogen) atoms. The Bertz CT molecular complexity index is 899. The molecule has 2 rings (SSSR count). The van der Waals surface area contributed by atoms with Crippen molar-refractivity contribution >= 4 is 64.7 Å². The lowest BCUT2D eigenvalue weighted by Crippen LogP contribution is -2.35. The van der Waals surface area contributed by atoms with Crippen LogP contribution in [0.5, 0.6) is 0 Å². The van der Waals surface area contributed by atoms with E-state index >= 15 is 0 Å². The summed E-state index contributed by atoms with van der Waals surface area (Å²) in [6, 6.07) is 6.23. The fourth-order valence-electron chi connectivity index (χ4n) is 2.17. The quantitative estimate of drug-likeness (QED) is 0.221. The van der Waals surface area contributed by atoms with Crippen molar-refractivity contribution in [3.8, 4) is 0 Å². The van der Waals surface area contributed by atoms with Gasteiger partial charge in [-0.1, -0.05) is 29.3 Å². The van der Waals surface area contributed by atoms with Gasteiger partial charge in [-0.2, -0.15) is 0 Å². The number of hydrogen-bond donors (Lipinski definition) is 3. The molecule has 152 valence electrons.